The van der Waals surface area contributed by atoms with Crippen LogP contribution in [-0.4, -0.2) is 29.4 Å². The summed E-state index contributed by atoms with van der Waals surface area (Å²) in [6, 6.07) is 10.9. The van der Waals surface area contributed by atoms with Crippen molar-refractivity contribution >= 4 is 5.91 Å². The highest BCUT2D eigenvalue weighted by Crippen LogP contribution is 2.14. The minimum absolute atomic E-state index is 0.0332. The summed E-state index contributed by atoms with van der Waals surface area (Å²) >= 11 is 0. The second-order valence-electron chi connectivity index (χ2n) is 4.65. The fourth-order valence-corrected chi connectivity index (χ4v) is 1.91. The standard InChI is InChI=1S/C17H18N2O2/c1-3-11-21-16-8-6-15(7-9-16)17(20)19(2)13-14-5-4-10-18-12-14/h3-10,12H,1,11,13H2,2H3. The third-order valence-electron chi connectivity index (χ3n) is 2.96. The molecule has 108 valence electrons. The van der Waals surface area contributed by atoms with Crippen molar-refractivity contribution in [1.29, 1.82) is 0 Å². The third kappa shape index (κ3) is 4.18. The molecule has 0 saturated heterocycles. The maximum Gasteiger partial charge on any atom is 0.253 e. The van der Waals surface area contributed by atoms with Gasteiger partial charge in [-0.05, 0) is 35.9 Å². The van der Waals surface area contributed by atoms with Gasteiger partial charge in [-0.25, -0.2) is 0 Å². The van der Waals surface area contributed by atoms with Crippen molar-refractivity contribution in [3.63, 3.8) is 0 Å². The number of rotatable bonds is 6. The maximum atomic E-state index is 12.3. The smallest absolute Gasteiger partial charge is 0.253 e. The number of hydrogen-bond acceptors (Lipinski definition) is 3. The van der Waals surface area contributed by atoms with E-state index in [1.165, 1.54) is 0 Å². The lowest BCUT2D eigenvalue weighted by molar-refractivity contribution is 0.0785. The molecule has 0 atom stereocenters. The molecule has 0 saturated carbocycles. The van der Waals surface area contributed by atoms with Gasteiger partial charge in [0.25, 0.3) is 5.91 Å². The molecule has 0 aliphatic heterocycles. The van der Waals surface area contributed by atoms with E-state index in [1.54, 1.807) is 54.7 Å². The fraction of sp³-hybridized carbons (Fsp3) is 0.176. The molecule has 1 amide bonds. The van der Waals surface area contributed by atoms with Crippen LogP contribution < -0.4 is 4.74 Å². The molecule has 21 heavy (non-hydrogen) atoms. The van der Waals surface area contributed by atoms with Gasteiger partial charge in [-0.15, -0.1) is 0 Å². The molecule has 0 bridgehead atoms. The van der Waals surface area contributed by atoms with Gasteiger partial charge in [0.2, 0.25) is 0 Å². The zero-order valence-corrected chi connectivity index (χ0v) is 12.0. The first kappa shape index (κ1) is 14.8. The Morgan fingerprint density at radius 2 is 2.10 bits per heavy atom. The number of nitrogens with zero attached hydrogens (tertiary/aromatic N) is 2. The van der Waals surface area contributed by atoms with Gasteiger partial charge in [0, 0.05) is 31.5 Å². The Labute approximate surface area is 124 Å². The second-order valence-corrected chi connectivity index (χ2v) is 4.65. The molecule has 4 nitrogen and oxygen atoms in total. The summed E-state index contributed by atoms with van der Waals surface area (Å²) < 4.78 is 5.39. The van der Waals surface area contributed by atoms with E-state index < -0.39 is 0 Å². The third-order valence-corrected chi connectivity index (χ3v) is 2.96. The molecular weight excluding hydrogens is 264 g/mol. The Bertz CT molecular complexity index is 594. The van der Waals surface area contributed by atoms with Crippen LogP contribution in [0.4, 0.5) is 0 Å². The SMILES string of the molecule is C=CCOc1ccc(C(=O)N(C)Cc2cccnc2)cc1. The highest BCUT2D eigenvalue weighted by atomic mass is 16.5. The Balaban J connectivity index is 2.00. The predicted octanol–water partition coefficient (Wildman–Crippen LogP) is 2.92. The number of ether oxygens (including phenoxy) is 1. The molecule has 0 unspecified atom stereocenters. The van der Waals surface area contributed by atoms with Crippen molar-refractivity contribution < 1.29 is 9.53 Å². The van der Waals surface area contributed by atoms with Gasteiger partial charge in [-0.1, -0.05) is 18.7 Å². The van der Waals surface area contributed by atoms with Crippen LogP contribution in [0.2, 0.25) is 0 Å². The van der Waals surface area contributed by atoms with Gasteiger partial charge in [0.1, 0.15) is 12.4 Å². The number of hydrogen-bond donors (Lipinski definition) is 0. The Kier molecular flexibility index (Phi) is 5.10. The maximum absolute atomic E-state index is 12.3. The molecule has 1 aromatic heterocycles. The number of aromatic nitrogens is 1. The Hall–Kier alpha value is -2.62. The average molecular weight is 282 g/mol. The topological polar surface area (TPSA) is 42.4 Å². The van der Waals surface area contributed by atoms with Gasteiger partial charge in [0.05, 0.1) is 0 Å². The molecule has 0 radical (unpaired) electrons. The largest absolute Gasteiger partial charge is 0.490 e. The molecule has 2 aromatic rings. The predicted molar refractivity (Wildman–Crippen MR) is 82.2 cm³/mol. The van der Waals surface area contributed by atoms with Crippen molar-refractivity contribution in [2.24, 2.45) is 0 Å². The van der Waals surface area contributed by atoms with Gasteiger partial charge in [0.15, 0.2) is 0 Å². The summed E-state index contributed by atoms with van der Waals surface area (Å²) in [5.74, 6) is 0.690. The summed E-state index contributed by atoms with van der Waals surface area (Å²) in [6.07, 6.45) is 5.16. The number of amides is 1. The minimum Gasteiger partial charge on any atom is -0.490 e. The molecule has 1 heterocycles. The van der Waals surface area contributed by atoms with E-state index in [0.29, 0.717) is 18.7 Å². The van der Waals surface area contributed by atoms with Crippen LogP contribution >= 0.6 is 0 Å². The zero-order chi connectivity index (χ0) is 15.1. The second kappa shape index (κ2) is 7.24. The number of benzene rings is 1. The molecule has 1 aromatic carbocycles. The van der Waals surface area contributed by atoms with Crippen LogP contribution in [0.3, 0.4) is 0 Å². The minimum atomic E-state index is -0.0332. The van der Waals surface area contributed by atoms with E-state index in [4.69, 9.17) is 4.74 Å². The summed E-state index contributed by atoms with van der Waals surface area (Å²) in [4.78, 5) is 18.0. The van der Waals surface area contributed by atoms with E-state index in [1.807, 2.05) is 12.1 Å². The first-order valence-corrected chi connectivity index (χ1v) is 6.69. The number of carbonyl (C=O) groups excluding carboxylic acids is 1. The Morgan fingerprint density at radius 3 is 2.71 bits per heavy atom. The first-order valence-electron chi connectivity index (χ1n) is 6.69. The summed E-state index contributed by atoms with van der Waals surface area (Å²) in [5, 5.41) is 0. The summed E-state index contributed by atoms with van der Waals surface area (Å²) in [7, 11) is 1.78. The van der Waals surface area contributed by atoms with E-state index in [9.17, 15) is 4.79 Å². The molecule has 0 aliphatic carbocycles. The van der Waals surface area contributed by atoms with E-state index >= 15 is 0 Å². The van der Waals surface area contributed by atoms with Crippen LogP contribution in [0.15, 0.2) is 61.4 Å². The van der Waals surface area contributed by atoms with Crippen molar-refractivity contribution in [3.8, 4) is 5.75 Å². The van der Waals surface area contributed by atoms with Crippen LogP contribution in [0, 0.1) is 0 Å². The first-order chi connectivity index (χ1) is 10.2. The average Bonchev–Trinajstić information content (AvgIpc) is 2.53. The van der Waals surface area contributed by atoms with Crippen LogP contribution in [0.5, 0.6) is 5.75 Å². The monoisotopic (exact) mass is 282 g/mol. The quantitative estimate of drug-likeness (QED) is 0.765. The highest BCUT2D eigenvalue weighted by molar-refractivity contribution is 5.94. The van der Waals surface area contributed by atoms with Gasteiger partial charge >= 0.3 is 0 Å². The van der Waals surface area contributed by atoms with E-state index in [0.717, 1.165) is 11.3 Å². The summed E-state index contributed by atoms with van der Waals surface area (Å²) in [5.41, 5.74) is 1.63. The van der Waals surface area contributed by atoms with Crippen molar-refractivity contribution in [1.82, 2.24) is 9.88 Å². The lowest BCUT2D eigenvalue weighted by Gasteiger charge is -2.17. The molecular formula is C17H18N2O2. The van der Waals surface area contributed by atoms with Crippen molar-refractivity contribution in [2.45, 2.75) is 6.54 Å². The molecule has 0 fully saturated rings. The molecule has 4 heteroatoms. The Morgan fingerprint density at radius 1 is 1.33 bits per heavy atom. The van der Waals surface area contributed by atoms with E-state index in [-0.39, 0.29) is 5.91 Å². The van der Waals surface area contributed by atoms with Gasteiger partial charge in [-0.3, -0.25) is 9.78 Å². The van der Waals surface area contributed by atoms with Crippen LogP contribution in [0.1, 0.15) is 15.9 Å². The number of carbonyl (C=O) groups is 1. The molecule has 0 spiro atoms. The lowest BCUT2D eigenvalue weighted by atomic mass is 10.2. The zero-order valence-electron chi connectivity index (χ0n) is 12.0. The number of pyridine rings is 1. The van der Waals surface area contributed by atoms with Gasteiger partial charge in [-0.2, -0.15) is 0 Å². The molecule has 0 N–H and O–H groups in total. The molecule has 2 rings (SSSR count). The normalized spacial score (nSPS) is 9.95. The van der Waals surface area contributed by atoms with Crippen molar-refractivity contribution in [2.75, 3.05) is 13.7 Å². The van der Waals surface area contributed by atoms with Gasteiger partial charge < -0.3 is 9.64 Å². The highest BCUT2D eigenvalue weighted by Gasteiger charge is 2.12. The van der Waals surface area contributed by atoms with Crippen LogP contribution in [-0.2, 0) is 6.54 Å². The fourth-order valence-electron chi connectivity index (χ4n) is 1.91. The van der Waals surface area contributed by atoms with Crippen LogP contribution in [0.25, 0.3) is 0 Å². The van der Waals surface area contributed by atoms with E-state index in [2.05, 4.69) is 11.6 Å². The summed E-state index contributed by atoms with van der Waals surface area (Å²) in [6.45, 7) is 4.58. The van der Waals surface area contributed by atoms with Crippen molar-refractivity contribution in [3.05, 3.63) is 72.6 Å². The molecule has 0 aliphatic rings. The lowest BCUT2D eigenvalue weighted by Crippen LogP contribution is -2.26.